The van der Waals surface area contributed by atoms with Gasteiger partial charge >= 0.3 is 5.97 Å². The van der Waals surface area contributed by atoms with Crippen LogP contribution in [0.15, 0.2) is 5.38 Å². The number of hydrogen-bond donors (Lipinski definition) is 3. The molecule has 0 spiro atoms. The van der Waals surface area contributed by atoms with Gasteiger partial charge in [0.2, 0.25) is 11.8 Å². The highest BCUT2D eigenvalue weighted by molar-refractivity contribution is 7.13. The molecule has 1 aromatic heterocycles. The number of amides is 2. The number of nitrogens with zero attached hydrogens (tertiary/aromatic N) is 1. The molecule has 1 aliphatic carbocycles. The molecule has 132 valence electrons. The number of anilines is 1. The number of rotatable bonds is 9. The van der Waals surface area contributed by atoms with Crippen LogP contribution in [0.4, 0.5) is 5.13 Å². The second-order valence-electron chi connectivity index (χ2n) is 6.05. The second kappa shape index (κ2) is 9.36. The summed E-state index contributed by atoms with van der Waals surface area (Å²) in [5, 5.41) is 16.0. The molecule has 3 N–H and O–H groups in total. The van der Waals surface area contributed by atoms with E-state index >= 15 is 0 Å². The third-order valence-electron chi connectivity index (χ3n) is 4.06. The predicted octanol–water partition coefficient (Wildman–Crippen LogP) is 2.19. The van der Waals surface area contributed by atoms with E-state index in [1.54, 1.807) is 5.38 Å². The summed E-state index contributed by atoms with van der Waals surface area (Å²) < 4.78 is 0. The summed E-state index contributed by atoms with van der Waals surface area (Å²) in [6, 6.07) is 0. The van der Waals surface area contributed by atoms with Crippen LogP contribution in [0.1, 0.15) is 50.6 Å². The molecule has 7 nitrogen and oxygen atoms in total. The van der Waals surface area contributed by atoms with Gasteiger partial charge in [0.25, 0.3) is 0 Å². The van der Waals surface area contributed by atoms with Crippen LogP contribution >= 0.6 is 11.3 Å². The van der Waals surface area contributed by atoms with Gasteiger partial charge in [-0.1, -0.05) is 25.7 Å². The smallest absolute Gasteiger partial charge is 0.305 e. The van der Waals surface area contributed by atoms with Crippen molar-refractivity contribution >= 4 is 34.3 Å². The van der Waals surface area contributed by atoms with Crippen LogP contribution in [0.5, 0.6) is 0 Å². The maximum Gasteiger partial charge on any atom is 0.305 e. The molecule has 1 saturated carbocycles. The lowest BCUT2D eigenvalue weighted by Crippen LogP contribution is -2.27. The van der Waals surface area contributed by atoms with Crippen LogP contribution < -0.4 is 10.6 Å². The third-order valence-corrected chi connectivity index (χ3v) is 4.86. The van der Waals surface area contributed by atoms with Crippen LogP contribution in [0, 0.1) is 5.92 Å². The number of hydrogen-bond acceptors (Lipinski definition) is 5. The molecule has 0 unspecified atom stereocenters. The molecular weight excluding hydrogens is 330 g/mol. The molecule has 0 aliphatic heterocycles. The molecular formula is C16H23N3O4S. The Morgan fingerprint density at radius 2 is 1.96 bits per heavy atom. The molecule has 2 rings (SSSR count). The molecule has 1 fully saturated rings. The Kier molecular flexibility index (Phi) is 7.17. The number of carboxylic acids is 1. The average Bonchev–Trinajstić information content (AvgIpc) is 3.16. The first-order valence-corrected chi connectivity index (χ1v) is 9.13. The molecule has 0 radical (unpaired) electrons. The van der Waals surface area contributed by atoms with Crippen molar-refractivity contribution in [2.45, 2.75) is 51.4 Å². The van der Waals surface area contributed by atoms with Gasteiger partial charge in [-0.05, 0) is 12.3 Å². The van der Waals surface area contributed by atoms with Crippen LogP contribution in [-0.2, 0) is 20.8 Å². The summed E-state index contributed by atoms with van der Waals surface area (Å²) in [7, 11) is 0. The minimum atomic E-state index is -0.952. The molecule has 24 heavy (non-hydrogen) atoms. The third kappa shape index (κ3) is 6.66. The van der Waals surface area contributed by atoms with Crippen molar-refractivity contribution in [3.05, 3.63) is 11.1 Å². The summed E-state index contributed by atoms with van der Waals surface area (Å²) >= 11 is 1.29. The van der Waals surface area contributed by atoms with Crippen molar-refractivity contribution < 1.29 is 19.5 Å². The Morgan fingerprint density at radius 3 is 2.67 bits per heavy atom. The molecule has 1 heterocycles. The molecule has 1 aromatic rings. The Morgan fingerprint density at radius 1 is 1.21 bits per heavy atom. The van der Waals surface area contributed by atoms with Crippen LogP contribution in [0.3, 0.4) is 0 Å². The number of carbonyl (C=O) groups is 3. The van der Waals surface area contributed by atoms with Crippen LogP contribution in [-0.4, -0.2) is 34.4 Å². The van der Waals surface area contributed by atoms with E-state index in [2.05, 4.69) is 15.6 Å². The standard InChI is InChI=1S/C16H23N3O4S/c20-13(6-5-11-3-1-2-4-11)19-16-18-12(10-24-16)9-14(21)17-8-7-15(22)23/h10-11H,1-9H2,(H,17,21)(H,22,23)(H,18,19,20). The number of carbonyl (C=O) groups excluding carboxylic acids is 2. The molecule has 1 aliphatic rings. The van der Waals surface area contributed by atoms with Crippen molar-refractivity contribution in [2.24, 2.45) is 5.92 Å². The normalized spacial score (nSPS) is 14.5. The van der Waals surface area contributed by atoms with E-state index in [1.807, 2.05) is 0 Å². The highest BCUT2D eigenvalue weighted by Crippen LogP contribution is 2.28. The Hall–Kier alpha value is -1.96. The maximum absolute atomic E-state index is 11.9. The highest BCUT2D eigenvalue weighted by Gasteiger charge is 2.16. The lowest BCUT2D eigenvalue weighted by molar-refractivity contribution is -0.137. The van der Waals surface area contributed by atoms with Gasteiger partial charge in [0.05, 0.1) is 18.5 Å². The zero-order valence-corrected chi connectivity index (χ0v) is 14.4. The minimum Gasteiger partial charge on any atom is -0.481 e. The highest BCUT2D eigenvalue weighted by atomic mass is 32.1. The Balaban J connectivity index is 1.68. The van der Waals surface area contributed by atoms with Crippen molar-refractivity contribution in [3.63, 3.8) is 0 Å². The fourth-order valence-corrected chi connectivity index (χ4v) is 3.52. The number of carboxylic acid groups (broad SMARTS) is 1. The van der Waals surface area contributed by atoms with Gasteiger partial charge in [-0.2, -0.15) is 0 Å². The second-order valence-corrected chi connectivity index (χ2v) is 6.91. The van der Waals surface area contributed by atoms with Gasteiger partial charge in [-0.3, -0.25) is 14.4 Å². The summed E-state index contributed by atoms with van der Waals surface area (Å²) in [5.74, 6) is -0.585. The summed E-state index contributed by atoms with van der Waals surface area (Å²) in [6.07, 6.45) is 6.41. The number of aromatic nitrogens is 1. The first-order chi connectivity index (χ1) is 11.5. The maximum atomic E-state index is 11.9. The van der Waals surface area contributed by atoms with Crippen molar-refractivity contribution in [3.8, 4) is 0 Å². The zero-order valence-electron chi connectivity index (χ0n) is 13.5. The summed E-state index contributed by atoms with van der Waals surface area (Å²) in [4.78, 5) is 38.2. The molecule has 2 amide bonds. The molecule has 0 aromatic carbocycles. The van der Waals surface area contributed by atoms with Crippen molar-refractivity contribution in [1.29, 1.82) is 0 Å². The van der Waals surface area contributed by atoms with Crippen molar-refractivity contribution in [1.82, 2.24) is 10.3 Å². The van der Waals surface area contributed by atoms with Gasteiger partial charge in [0, 0.05) is 18.3 Å². The van der Waals surface area contributed by atoms with E-state index in [4.69, 9.17) is 5.11 Å². The number of aliphatic carboxylic acids is 1. The fourth-order valence-electron chi connectivity index (χ4n) is 2.80. The summed E-state index contributed by atoms with van der Waals surface area (Å²) in [6.45, 7) is 0.100. The van der Waals surface area contributed by atoms with E-state index < -0.39 is 5.97 Å². The largest absolute Gasteiger partial charge is 0.481 e. The molecule has 8 heteroatoms. The Labute approximate surface area is 144 Å². The van der Waals surface area contributed by atoms with E-state index in [-0.39, 0.29) is 31.2 Å². The van der Waals surface area contributed by atoms with Gasteiger partial charge in [-0.15, -0.1) is 11.3 Å². The van der Waals surface area contributed by atoms with Gasteiger partial charge in [0.15, 0.2) is 5.13 Å². The monoisotopic (exact) mass is 353 g/mol. The first-order valence-electron chi connectivity index (χ1n) is 8.25. The Bertz CT molecular complexity index is 582. The zero-order chi connectivity index (χ0) is 17.4. The van der Waals surface area contributed by atoms with E-state index in [0.29, 0.717) is 23.2 Å². The average molecular weight is 353 g/mol. The molecule has 0 atom stereocenters. The van der Waals surface area contributed by atoms with Crippen LogP contribution in [0.2, 0.25) is 0 Å². The number of thiazole rings is 1. The minimum absolute atomic E-state index is 0.0336. The quantitative estimate of drug-likeness (QED) is 0.630. The summed E-state index contributed by atoms with van der Waals surface area (Å²) in [5.41, 5.74) is 0.568. The predicted molar refractivity (Wildman–Crippen MR) is 90.9 cm³/mol. The topological polar surface area (TPSA) is 108 Å². The van der Waals surface area contributed by atoms with E-state index in [9.17, 15) is 14.4 Å². The van der Waals surface area contributed by atoms with Crippen LogP contribution in [0.25, 0.3) is 0 Å². The van der Waals surface area contributed by atoms with Gasteiger partial charge in [-0.25, -0.2) is 4.98 Å². The molecule has 0 saturated heterocycles. The SMILES string of the molecule is O=C(O)CCNC(=O)Cc1csc(NC(=O)CCC2CCCC2)n1. The van der Waals surface area contributed by atoms with Gasteiger partial charge in [0.1, 0.15) is 0 Å². The van der Waals surface area contributed by atoms with Crippen molar-refractivity contribution in [2.75, 3.05) is 11.9 Å². The lowest BCUT2D eigenvalue weighted by atomic mass is 10.0. The van der Waals surface area contributed by atoms with E-state index in [1.165, 1.54) is 37.0 Å². The first kappa shape index (κ1) is 18.4. The van der Waals surface area contributed by atoms with Gasteiger partial charge < -0.3 is 15.7 Å². The molecule has 0 bridgehead atoms. The lowest BCUT2D eigenvalue weighted by Gasteiger charge is -2.07. The van der Waals surface area contributed by atoms with E-state index in [0.717, 1.165) is 6.42 Å². The fraction of sp³-hybridized carbons (Fsp3) is 0.625. The number of nitrogens with one attached hydrogen (secondary N) is 2.